The van der Waals surface area contributed by atoms with Crippen LogP contribution in [0.1, 0.15) is 132 Å². The maximum Gasteiger partial charge on any atom is -0.0533 e. The van der Waals surface area contributed by atoms with Crippen LogP contribution in [0.2, 0.25) is 0 Å². The summed E-state index contributed by atoms with van der Waals surface area (Å²) >= 11 is 0. The summed E-state index contributed by atoms with van der Waals surface area (Å²) in [5, 5.41) is 0. The van der Waals surface area contributed by atoms with Gasteiger partial charge in [0.25, 0.3) is 0 Å². The summed E-state index contributed by atoms with van der Waals surface area (Å²) in [7, 11) is 0. The standard InChI is InChI=1S/C14H30.C3H8.C2H6.CH4/c1-3-5-7-9-11-13-14-12-10-8-6-4-2;1-3-2;1-2;/h3-14H2,1-2H3;3H2,1-2H3;1-2H3;1H4. The van der Waals surface area contributed by atoms with Gasteiger partial charge in [-0.05, 0) is 0 Å². The fraction of sp³-hybridized carbons (Fsp3) is 1.00. The molecule has 0 fully saturated rings. The molecular weight excluding hydrogens is 240 g/mol. The fourth-order valence-corrected chi connectivity index (χ4v) is 1.91. The second-order valence-electron chi connectivity index (χ2n) is 5.24. The Morgan fingerprint density at radius 2 is 0.550 bits per heavy atom. The highest BCUT2D eigenvalue weighted by molar-refractivity contribution is 4.47. The van der Waals surface area contributed by atoms with Gasteiger partial charge >= 0.3 is 0 Å². The van der Waals surface area contributed by atoms with Crippen molar-refractivity contribution in [2.75, 3.05) is 0 Å². The number of rotatable bonds is 11. The van der Waals surface area contributed by atoms with Crippen LogP contribution in [-0.4, -0.2) is 0 Å². The van der Waals surface area contributed by atoms with Crippen molar-refractivity contribution < 1.29 is 0 Å². The van der Waals surface area contributed by atoms with Crippen LogP contribution >= 0.6 is 0 Å². The summed E-state index contributed by atoms with van der Waals surface area (Å²) in [4.78, 5) is 0. The van der Waals surface area contributed by atoms with Crippen molar-refractivity contribution in [1.82, 2.24) is 0 Å². The van der Waals surface area contributed by atoms with Crippen molar-refractivity contribution in [3.63, 3.8) is 0 Å². The van der Waals surface area contributed by atoms with Crippen molar-refractivity contribution in [2.24, 2.45) is 0 Å². The largest absolute Gasteiger partial charge is 0.0776 e. The molecule has 0 atom stereocenters. The lowest BCUT2D eigenvalue weighted by molar-refractivity contribution is 0.548. The predicted octanol–water partition coefficient (Wildman–Crippen LogP) is 8.79. The number of hydrogen-bond donors (Lipinski definition) is 0. The van der Waals surface area contributed by atoms with E-state index in [1.165, 1.54) is 83.5 Å². The van der Waals surface area contributed by atoms with Gasteiger partial charge in [0.15, 0.2) is 0 Å². The molecule has 0 aliphatic carbocycles. The topological polar surface area (TPSA) is 0 Å². The van der Waals surface area contributed by atoms with Gasteiger partial charge in [0.2, 0.25) is 0 Å². The Bertz CT molecular complexity index is 84.2. The van der Waals surface area contributed by atoms with Crippen molar-refractivity contribution in [2.45, 2.75) is 132 Å². The molecule has 0 unspecified atom stereocenters. The first-order valence-electron chi connectivity index (χ1n) is 9.33. The minimum atomic E-state index is 0. The first-order chi connectivity index (χ1) is 9.33. The van der Waals surface area contributed by atoms with Crippen molar-refractivity contribution in [1.29, 1.82) is 0 Å². The quantitative estimate of drug-likeness (QED) is 0.333. The van der Waals surface area contributed by atoms with E-state index in [0.29, 0.717) is 0 Å². The highest BCUT2D eigenvalue weighted by atomic mass is 14.0. The van der Waals surface area contributed by atoms with Crippen LogP contribution in [0.3, 0.4) is 0 Å². The van der Waals surface area contributed by atoms with Crippen LogP contribution in [0, 0.1) is 0 Å². The third-order valence-electron chi connectivity index (χ3n) is 2.96. The lowest BCUT2D eigenvalue weighted by Gasteiger charge is -2.01. The van der Waals surface area contributed by atoms with Crippen molar-refractivity contribution in [3.8, 4) is 0 Å². The SMILES string of the molecule is C.CC.CCC.CCCCCCCCCCCCCC. The molecule has 0 N–H and O–H groups in total. The van der Waals surface area contributed by atoms with Gasteiger partial charge in [0, 0.05) is 0 Å². The highest BCUT2D eigenvalue weighted by Gasteiger charge is 1.91. The molecule has 0 saturated heterocycles. The highest BCUT2D eigenvalue weighted by Crippen LogP contribution is 2.11. The Morgan fingerprint density at radius 3 is 0.700 bits per heavy atom. The average Bonchev–Trinajstić information content (AvgIpc) is 2.44. The van der Waals surface area contributed by atoms with Gasteiger partial charge in [0.05, 0.1) is 0 Å². The van der Waals surface area contributed by atoms with E-state index in [0.717, 1.165) is 0 Å². The zero-order valence-electron chi connectivity index (χ0n) is 15.2. The molecule has 20 heavy (non-hydrogen) atoms. The monoisotopic (exact) mass is 288 g/mol. The summed E-state index contributed by atoms with van der Waals surface area (Å²) in [6.45, 7) is 12.8. The molecule has 0 aromatic rings. The van der Waals surface area contributed by atoms with Gasteiger partial charge < -0.3 is 0 Å². The molecule has 0 aromatic heterocycles. The van der Waals surface area contributed by atoms with E-state index in [4.69, 9.17) is 0 Å². The van der Waals surface area contributed by atoms with Crippen LogP contribution in [0.5, 0.6) is 0 Å². The molecule has 0 aliphatic rings. The molecule has 0 aliphatic heterocycles. The van der Waals surface area contributed by atoms with E-state index < -0.39 is 0 Å². The van der Waals surface area contributed by atoms with Crippen LogP contribution in [0.25, 0.3) is 0 Å². The minimum Gasteiger partial charge on any atom is -0.0776 e. The Labute approximate surface area is 133 Å². The Kier molecular flexibility index (Phi) is 51.4. The molecular formula is C20H48. The molecule has 0 bridgehead atoms. The molecule has 0 radical (unpaired) electrons. The molecule has 0 rings (SSSR count). The van der Waals surface area contributed by atoms with Gasteiger partial charge in [-0.2, -0.15) is 0 Å². The van der Waals surface area contributed by atoms with Gasteiger partial charge in [-0.15, -0.1) is 0 Å². The van der Waals surface area contributed by atoms with Gasteiger partial charge in [-0.25, -0.2) is 0 Å². The molecule has 0 heterocycles. The molecule has 0 aromatic carbocycles. The van der Waals surface area contributed by atoms with E-state index in [-0.39, 0.29) is 7.43 Å². The zero-order chi connectivity index (χ0) is 15.2. The third kappa shape index (κ3) is 43.0. The number of hydrogen-bond acceptors (Lipinski definition) is 0. The maximum atomic E-state index is 2.29. The van der Waals surface area contributed by atoms with Crippen LogP contribution in [-0.2, 0) is 0 Å². The Balaban J connectivity index is -0.000000187. The van der Waals surface area contributed by atoms with Crippen molar-refractivity contribution in [3.05, 3.63) is 0 Å². The fourth-order valence-electron chi connectivity index (χ4n) is 1.91. The van der Waals surface area contributed by atoms with Gasteiger partial charge in [-0.3, -0.25) is 0 Å². The molecule has 0 nitrogen and oxygen atoms in total. The van der Waals surface area contributed by atoms with Crippen LogP contribution in [0.4, 0.5) is 0 Å². The second kappa shape index (κ2) is 36.4. The molecule has 128 valence electrons. The van der Waals surface area contributed by atoms with Gasteiger partial charge in [0.1, 0.15) is 0 Å². The maximum absolute atomic E-state index is 2.29. The molecule has 0 saturated carbocycles. The smallest absolute Gasteiger partial charge is 0.0533 e. The van der Waals surface area contributed by atoms with Gasteiger partial charge in [-0.1, -0.05) is 132 Å². The average molecular weight is 289 g/mol. The normalized spacial score (nSPS) is 8.70. The Hall–Kier alpha value is 0. The summed E-state index contributed by atoms with van der Waals surface area (Å²) in [6.07, 6.45) is 18.7. The van der Waals surface area contributed by atoms with Crippen LogP contribution in [0.15, 0.2) is 0 Å². The summed E-state index contributed by atoms with van der Waals surface area (Å²) in [6, 6.07) is 0. The summed E-state index contributed by atoms with van der Waals surface area (Å²) in [5.41, 5.74) is 0. The lowest BCUT2D eigenvalue weighted by atomic mass is 10.1. The first-order valence-corrected chi connectivity index (χ1v) is 9.33. The van der Waals surface area contributed by atoms with E-state index in [1.807, 2.05) is 13.8 Å². The minimum absolute atomic E-state index is 0. The van der Waals surface area contributed by atoms with E-state index in [9.17, 15) is 0 Å². The molecule has 0 spiro atoms. The second-order valence-corrected chi connectivity index (χ2v) is 5.24. The predicted molar refractivity (Wildman–Crippen MR) is 101 cm³/mol. The van der Waals surface area contributed by atoms with E-state index >= 15 is 0 Å². The summed E-state index contributed by atoms with van der Waals surface area (Å²) in [5.74, 6) is 0. The summed E-state index contributed by atoms with van der Waals surface area (Å²) < 4.78 is 0. The molecule has 0 amide bonds. The lowest BCUT2D eigenvalue weighted by Crippen LogP contribution is -1.81. The number of unbranched alkanes of at least 4 members (excludes halogenated alkanes) is 11. The van der Waals surface area contributed by atoms with Crippen molar-refractivity contribution >= 4 is 0 Å². The van der Waals surface area contributed by atoms with Crippen LogP contribution < -0.4 is 0 Å². The van der Waals surface area contributed by atoms with E-state index in [2.05, 4.69) is 27.7 Å². The zero-order valence-corrected chi connectivity index (χ0v) is 15.2. The molecule has 0 heteroatoms. The van der Waals surface area contributed by atoms with E-state index in [1.54, 1.807) is 0 Å². The first kappa shape index (κ1) is 28.2. The Morgan fingerprint density at radius 1 is 0.400 bits per heavy atom. The third-order valence-corrected chi connectivity index (χ3v) is 2.96.